The molecule has 0 N–H and O–H groups in total. The molecule has 0 aliphatic heterocycles. The topological polar surface area (TPSA) is 49.8 Å². The van der Waals surface area contributed by atoms with Crippen molar-refractivity contribution < 1.29 is 25.8 Å². The molecule has 0 saturated heterocycles. The van der Waals surface area contributed by atoms with Crippen molar-refractivity contribution in [2.75, 3.05) is 0 Å². The predicted octanol–water partition coefficient (Wildman–Crippen LogP) is 11.0. The van der Waals surface area contributed by atoms with E-state index in [-0.39, 0.29) is 26.5 Å². The van der Waals surface area contributed by atoms with Crippen molar-refractivity contribution in [3.8, 4) is 34.4 Å². The number of rotatable bonds is 5. The first kappa shape index (κ1) is 33.7. The average molecular weight is 859 g/mol. The monoisotopic (exact) mass is 858 g/mol. The van der Waals surface area contributed by atoms with Gasteiger partial charge in [0.1, 0.15) is 5.82 Å². The minimum absolute atomic E-state index is 0. The van der Waals surface area contributed by atoms with E-state index in [1.807, 2.05) is 30.1 Å². The van der Waals surface area contributed by atoms with Crippen LogP contribution in [-0.4, -0.2) is 23.7 Å². The zero-order chi connectivity index (χ0) is 35.0. The van der Waals surface area contributed by atoms with Crippen LogP contribution in [0.2, 0.25) is 0 Å². The largest absolute Gasteiger partial charge is 2.00 e. The van der Waals surface area contributed by atoms with Crippen molar-refractivity contribution in [3.63, 3.8) is 0 Å². The van der Waals surface area contributed by atoms with E-state index in [1.165, 1.54) is 32.9 Å². The zero-order valence-electron chi connectivity index (χ0n) is 29.9. The van der Waals surface area contributed by atoms with E-state index in [2.05, 4.69) is 152 Å². The van der Waals surface area contributed by atoms with E-state index in [4.69, 9.17) is 9.72 Å². The van der Waals surface area contributed by atoms with Crippen LogP contribution in [0.25, 0.3) is 66.5 Å². The number of pyridine rings is 1. The molecule has 4 heterocycles. The summed E-state index contributed by atoms with van der Waals surface area (Å²) in [4.78, 5) is 9.56. The maximum absolute atomic E-state index is 6.61. The van der Waals surface area contributed by atoms with Crippen molar-refractivity contribution in [2.24, 2.45) is 7.05 Å². The maximum atomic E-state index is 6.61. The number of aromatic nitrogens is 5. The molecule has 9 aromatic rings. The standard InChI is InChI=1S/C45H37N5O.Pt/c1-28-11-9-14-37-38-15-10-12-29(2)43(38)49(42(28)37)32-19-20-46-41(26-32)50-39-16-8-7-13-35(39)36-18-17-33(27-40(36)50)51-34-24-30(44-47-21-22-48(44)6)23-31(25-34)45(3,4)5;/h7-23,25-26H,1-6H3;/q-2;+2. The first-order chi connectivity index (χ1) is 24.7. The molecule has 0 aliphatic rings. The van der Waals surface area contributed by atoms with E-state index in [0.29, 0.717) is 11.5 Å². The van der Waals surface area contributed by atoms with Gasteiger partial charge in [-0.05, 0) is 47.9 Å². The molecule has 7 heteroatoms. The van der Waals surface area contributed by atoms with Gasteiger partial charge in [0.25, 0.3) is 0 Å². The third-order valence-corrected chi connectivity index (χ3v) is 9.98. The smallest absolute Gasteiger partial charge is 0.503 e. The molecule has 0 aliphatic carbocycles. The Kier molecular flexibility index (Phi) is 8.19. The molecule has 0 saturated carbocycles. The number of nitrogens with zero attached hydrogens (tertiary/aromatic N) is 5. The fraction of sp³-hybridized carbons (Fsp3) is 0.156. The van der Waals surface area contributed by atoms with Gasteiger partial charge in [-0.2, -0.15) is 6.07 Å². The van der Waals surface area contributed by atoms with Gasteiger partial charge in [0.05, 0.1) is 22.5 Å². The molecular formula is C45H37N5OPt. The minimum Gasteiger partial charge on any atom is -0.503 e. The van der Waals surface area contributed by atoms with Crippen molar-refractivity contribution in [1.82, 2.24) is 23.7 Å². The number of hydrogen-bond donors (Lipinski definition) is 0. The third kappa shape index (κ3) is 5.45. The molecule has 258 valence electrons. The molecule has 0 atom stereocenters. The molecule has 0 fully saturated rings. The number of imidazole rings is 1. The van der Waals surface area contributed by atoms with Crippen LogP contribution in [0.4, 0.5) is 0 Å². The molecular weight excluding hydrogens is 822 g/mol. The first-order valence-electron chi connectivity index (χ1n) is 17.3. The van der Waals surface area contributed by atoms with E-state index >= 15 is 0 Å². The summed E-state index contributed by atoms with van der Waals surface area (Å²) >= 11 is 0. The summed E-state index contributed by atoms with van der Waals surface area (Å²) in [5.41, 5.74) is 9.80. The second-order valence-electron chi connectivity index (χ2n) is 14.4. The summed E-state index contributed by atoms with van der Waals surface area (Å²) in [6.07, 6.45) is 5.66. The Labute approximate surface area is 317 Å². The number of aryl methyl sites for hydroxylation is 3. The second-order valence-corrected chi connectivity index (χ2v) is 14.4. The fourth-order valence-electron chi connectivity index (χ4n) is 7.45. The van der Waals surface area contributed by atoms with Crippen molar-refractivity contribution in [1.29, 1.82) is 0 Å². The summed E-state index contributed by atoms with van der Waals surface area (Å²) in [5, 5.41) is 4.70. The Morgan fingerprint density at radius 2 is 1.37 bits per heavy atom. The van der Waals surface area contributed by atoms with E-state index < -0.39 is 0 Å². The van der Waals surface area contributed by atoms with Gasteiger partial charge in [-0.25, -0.2) is 4.98 Å². The van der Waals surface area contributed by atoms with Gasteiger partial charge in [-0.3, -0.25) is 4.98 Å². The summed E-state index contributed by atoms with van der Waals surface area (Å²) in [6.45, 7) is 11.0. The molecule has 4 aromatic heterocycles. The normalized spacial score (nSPS) is 11.9. The van der Waals surface area contributed by atoms with E-state index in [1.54, 1.807) is 6.20 Å². The molecule has 52 heavy (non-hydrogen) atoms. The van der Waals surface area contributed by atoms with Crippen LogP contribution >= 0.6 is 0 Å². The molecule has 0 bridgehead atoms. The summed E-state index contributed by atoms with van der Waals surface area (Å²) in [6, 6.07) is 41.3. The van der Waals surface area contributed by atoms with E-state index in [0.717, 1.165) is 50.3 Å². The quantitative estimate of drug-likeness (QED) is 0.162. The fourth-order valence-corrected chi connectivity index (χ4v) is 7.45. The van der Waals surface area contributed by atoms with Crippen molar-refractivity contribution in [3.05, 3.63) is 144 Å². The Balaban J connectivity index is 0.00000387. The molecule has 0 amide bonds. The molecule has 6 nitrogen and oxygen atoms in total. The predicted molar refractivity (Wildman–Crippen MR) is 207 cm³/mol. The van der Waals surface area contributed by atoms with Crippen LogP contribution < -0.4 is 4.74 Å². The molecule has 0 radical (unpaired) electrons. The van der Waals surface area contributed by atoms with Crippen molar-refractivity contribution in [2.45, 2.75) is 40.0 Å². The summed E-state index contributed by atoms with van der Waals surface area (Å²) < 4.78 is 13.2. The second kappa shape index (κ2) is 12.6. The van der Waals surface area contributed by atoms with Gasteiger partial charge >= 0.3 is 21.1 Å². The number of ether oxygens (including phenoxy) is 1. The van der Waals surface area contributed by atoms with Crippen LogP contribution in [0.3, 0.4) is 0 Å². The third-order valence-electron chi connectivity index (χ3n) is 9.98. The molecule has 0 spiro atoms. The molecule has 5 aromatic carbocycles. The number of hydrogen-bond acceptors (Lipinski definition) is 3. The minimum atomic E-state index is -0.0998. The molecule has 0 unspecified atom stereocenters. The Hall–Kier alpha value is -5.45. The Bertz CT molecular complexity index is 2750. The number of para-hydroxylation sites is 3. The maximum Gasteiger partial charge on any atom is 2.00 e. The van der Waals surface area contributed by atoms with Gasteiger partial charge < -0.3 is 18.4 Å². The van der Waals surface area contributed by atoms with Crippen LogP contribution in [0.15, 0.2) is 116 Å². The first-order valence-corrected chi connectivity index (χ1v) is 17.3. The summed E-state index contributed by atoms with van der Waals surface area (Å²) in [7, 11) is 1.99. The average Bonchev–Trinajstić information content (AvgIpc) is 3.80. The van der Waals surface area contributed by atoms with E-state index in [9.17, 15) is 0 Å². The number of fused-ring (bicyclic) bond motifs is 6. The zero-order valence-corrected chi connectivity index (χ0v) is 32.2. The van der Waals surface area contributed by atoms with Gasteiger partial charge in [-0.15, -0.1) is 34.7 Å². The van der Waals surface area contributed by atoms with Crippen LogP contribution in [0.1, 0.15) is 37.5 Å². The molecule has 9 rings (SSSR count). The Morgan fingerprint density at radius 3 is 2.06 bits per heavy atom. The van der Waals surface area contributed by atoms with Gasteiger partial charge in [0.15, 0.2) is 0 Å². The van der Waals surface area contributed by atoms with Crippen molar-refractivity contribution >= 4 is 43.6 Å². The van der Waals surface area contributed by atoms with Gasteiger partial charge in [0, 0.05) is 59.5 Å². The number of benzene rings is 5. The van der Waals surface area contributed by atoms with Gasteiger partial charge in [0.2, 0.25) is 0 Å². The van der Waals surface area contributed by atoms with Crippen LogP contribution in [0, 0.1) is 26.0 Å². The summed E-state index contributed by atoms with van der Waals surface area (Å²) in [5.74, 6) is 2.87. The Morgan fingerprint density at radius 1 is 0.654 bits per heavy atom. The van der Waals surface area contributed by atoms with Crippen LogP contribution in [-0.2, 0) is 33.5 Å². The SMILES string of the molecule is Cc1cccc2c3cccc(C)c3n(-c3ccnc(-n4c5[c-]c(Oc6[c-]c(-c7nccn7C)cc(C(C)(C)C)c6)ccc5c5ccccc54)c3)c12.[Pt+2]. The van der Waals surface area contributed by atoms with Gasteiger partial charge in [-0.1, -0.05) is 93.0 Å². The van der Waals surface area contributed by atoms with Crippen LogP contribution in [0.5, 0.6) is 11.5 Å².